The van der Waals surface area contributed by atoms with Gasteiger partial charge in [0.2, 0.25) is 0 Å². The van der Waals surface area contributed by atoms with E-state index in [1.54, 1.807) is 18.2 Å². The van der Waals surface area contributed by atoms with Crippen LogP contribution < -0.4 is 0 Å². The third kappa shape index (κ3) is 21.1. The van der Waals surface area contributed by atoms with Gasteiger partial charge in [0.25, 0.3) is 0 Å². The Morgan fingerprint density at radius 2 is 1.55 bits per heavy atom. The minimum Gasteiger partial charge on any atom is 0 e. The summed E-state index contributed by atoms with van der Waals surface area (Å²) in [5.74, 6) is 0. The van der Waals surface area contributed by atoms with Crippen molar-refractivity contribution < 1.29 is 31.0 Å². The summed E-state index contributed by atoms with van der Waals surface area (Å²) in [4.78, 5) is 1.26. The molecule has 1 rings (SSSR count). The van der Waals surface area contributed by atoms with Gasteiger partial charge in [0.1, 0.15) is 0 Å². The molecule has 0 saturated heterocycles. The molecule has 4 nitrogen and oxygen atoms in total. The second-order valence-electron chi connectivity index (χ2n) is 3.01. The van der Waals surface area contributed by atoms with Crippen LogP contribution in [0.25, 0.3) is 0 Å². The molecular formula is C16H13FeNO3S. The summed E-state index contributed by atoms with van der Waals surface area (Å²) < 4.78 is 22.5. The largest absolute Gasteiger partial charge is 0 e. The van der Waals surface area contributed by atoms with Crippen molar-refractivity contribution in [3.05, 3.63) is 76.0 Å². The molecule has 0 bridgehead atoms. The number of rotatable bonds is 6. The Kier molecular flexibility index (Phi) is 36.8. The minimum absolute atomic E-state index is 0. The molecule has 1 atom stereocenters. The quantitative estimate of drug-likeness (QED) is 0.258. The van der Waals surface area contributed by atoms with E-state index in [4.69, 9.17) is 19.2 Å². The van der Waals surface area contributed by atoms with Crippen LogP contribution in [0.3, 0.4) is 0 Å². The molecule has 0 spiro atoms. The van der Waals surface area contributed by atoms with Crippen LogP contribution in [0.1, 0.15) is 6.92 Å². The van der Waals surface area contributed by atoms with Gasteiger partial charge in [-0.05, 0) is 31.4 Å². The maximum Gasteiger partial charge on any atom is 0 e. The second kappa shape index (κ2) is 28.0. The van der Waals surface area contributed by atoms with Crippen molar-refractivity contribution in [3.8, 4) is 6.07 Å². The van der Waals surface area contributed by atoms with Crippen LogP contribution in [0.5, 0.6) is 0 Å². The van der Waals surface area contributed by atoms with E-state index in [1.165, 1.54) is 11.3 Å². The zero-order chi connectivity index (χ0) is 16.9. The normalized spacial score (nSPS) is 8.45. The summed E-state index contributed by atoms with van der Waals surface area (Å²) in [6.07, 6.45) is 7.20. The van der Waals surface area contributed by atoms with Crippen molar-refractivity contribution in [2.24, 2.45) is 0 Å². The number of hydrogen-bond acceptors (Lipinski definition) is 2. The molecule has 0 aliphatic carbocycles. The van der Waals surface area contributed by atoms with Crippen molar-refractivity contribution in [3.63, 3.8) is 0 Å². The van der Waals surface area contributed by atoms with Crippen LogP contribution in [0.2, 0.25) is 0 Å². The van der Waals surface area contributed by atoms with E-state index in [2.05, 4.69) is 45.4 Å². The van der Waals surface area contributed by atoms with E-state index in [1.807, 2.05) is 30.7 Å². The Morgan fingerprint density at radius 1 is 1.05 bits per heavy atom. The molecule has 6 heteroatoms. The third-order valence-corrected chi connectivity index (χ3v) is 2.80. The van der Waals surface area contributed by atoms with Crippen LogP contribution in [-0.2, 0) is 31.0 Å². The molecule has 1 aromatic carbocycles. The zero-order valence-corrected chi connectivity index (χ0v) is 13.6. The van der Waals surface area contributed by atoms with Crippen molar-refractivity contribution in [2.75, 3.05) is 0 Å². The number of unbranched alkanes of at least 4 members (excludes halogenated alkanes) is 2. The van der Waals surface area contributed by atoms with E-state index in [0.29, 0.717) is 5.25 Å². The van der Waals surface area contributed by atoms with Crippen LogP contribution in [0, 0.1) is 57.0 Å². The van der Waals surface area contributed by atoms with Crippen LogP contribution in [-0.4, -0.2) is 5.25 Å². The standard InChI is InChI=1S/C13H13NS.3CO.Fe/c1-12(8-4-3-7-11-14)15-13-9-5-2-6-10-13;3*1-2;/h2-10,12H,1H3;;;;/t12-;;;;/m1..../s1. The van der Waals surface area contributed by atoms with Crippen LogP contribution in [0.4, 0.5) is 0 Å². The molecule has 0 fully saturated rings. The Labute approximate surface area is 147 Å². The maximum absolute atomic E-state index is 8.29. The molecule has 0 unspecified atom stereocenters. The average Bonchev–Trinajstić information content (AvgIpc) is 2.58. The number of hydrogen-bond donors (Lipinski definition) is 0. The van der Waals surface area contributed by atoms with E-state index < -0.39 is 0 Å². The van der Waals surface area contributed by atoms with Crippen LogP contribution in [0.15, 0.2) is 35.2 Å². The molecular weight excluding hydrogens is 342 g/mol. The fourth-order valence-electron chi connectivity index (χ4n) is 1.07. The number of thioether (sulfide) groups is 1. The first-order valence-electron chi connectivity index (χ1n) is 5.39. The van der Waals surface area contributed by atoms with Gasteiger partial charge in [0.15, 0.2) is 0 Å². The summed E-state index contributed by atoms with van der Waals surface area (Å²) in [5, 5.41) is 8.70. The fourth-order valence-corrected chi connectivity index (χ4v) is 1.99. The summed E-state index contributed by atoms with van der Waals surface area (Å²) in [6, 6.07) is 12.2. The molecule has 0 heterocycles. The van der Waals surface area contributed by atoms with Gasteiger partial charge in [0, 0.05) is 27.2 Å². The van der Waals surface area contributed by atoms with Gasteiger partial charge in [-0.25, -0.2) is 0 Å². The first-order chi connectivity index (χ1) is 10.3. The molecule has 0 saturated carbocycles. The molecule has 0 N–H and O–H groups in total. The van der Waals surface area contributed by atoms with Gasteiger partial charge in [-0.15, -0.1) is 11.8 Å². The molecule has 0 aliphatic rings. The van der Waals surface area contributed by atoms with Gasteiger partial charge in [-0.1, -0.05) is 25.1 Å². The van der Waals surface area contributed by atoms with Crippen molar-refractivity contribution >= 4 is 11.8 Å². The summed E-state index contributed by atoms with van der Waals surface area (Å²) in [6.45, 7) is 15.6. The molecule has 1 aromatic rings. The fraction of sp³-hybridized carbons (Fsp3) is 0.125. The van der Waals surface area contributed by atoms with E-state index in [9.17, 15) is 0 Å². The summed E-state index contributed by atoms with van der Waals surface area (Å²) in [7, 11) is 0. The molecule has 4 radical (unpaired) electrons. The Hall–Kier alpha value is -1.20. The van der Waals surface area contributed by atoms with Gasteiger partial charge in [-0.3, -0.25) is 0 Å². The third-order valence-electron chi connectivity index (χ3n) is 1.73. The maximum atomic E-state index is 8.29. The molecule has 0 amide bonds. The number of nitrogens with zero attached hydrogens (tertiary/aromatic N) is 1. The van der Waals surface area contributed by atoms with Gasteiger partial charge < -0.3 is 0 Å². The Bertz CT molecular complexity index is 412. The molecule has 22 heavy (non-hydrogen) atoms. The number of benzene rings is 1. The van der Waals surface area contributed by atoms with Crippen molar-refractivity contribution in [1.82, 2.24) is 0 Å². The predicted octanol–water partition coefficient (Wildman–Crippen LogP) is 3.39. The predicted molar refractivity (Wildman–Crippen MR) is 76.4 cm³/mol. The van der Waals surface area contributed by atoms with Gasteiger partial charge in [0.05, 0.1) is 12.5 Å². The Balaban J connectivity index is -0.000000206. The van der Waals surface area contributed by atoms with E-state index in [0.717, 1.165) is 0 Å². The van der Waals surface area contributed by atoms with E-state index >= 15 is 0 Å². The van der Waals surface area contributed by atoms with Gasteiger partial charge in [-0.2, -0.15) is 5.26 Å². The Morgan fingerprint density at radius 3 is 2.00 bits per heavy atom. The first-order valence-corrected chi connectivity index (χ1v) is 6.27. The molecule has 0 aliphatic heterocycles. The van der Waals surface area contributed by atoms with Gasteiger partial charge >= 0.3 is 33.9 Å². The monoisotopic (exact) mass is 355 g/mol. The van der Waals surface area contributed by atoms with Crippen molar-refractivity contribution in [2.45, 2.75) is 17.1 Å². The molecule has 114 valence electrons. The smallest absolute Gasteiger partial charge is 0 e. The number of nitriles is 1. The second-order valence-corrected chi connectivity index (χ2v) is 4.46. The SMILES string of the molecule is C[C@H]([CH][CH][CH][CH]C#N)Sc1ccccc1.[C-]#[O+].[C-]#[O+].[C-]#[O+].[Fe]. The minimum atomic E-state index is 0. The topological polar surface area (TPSA) is 83.5 Å². The van der Waals surface area contributed by atoms with E-state index in [-0.39, 0.29) is 17.1 Å². The summed E-state index contributed by atoms with van der Waals surface area (Å²) in [5.41, 5.74) is 0. The summed E-state index contributed by atoms with van der Waals surface area (Å²) >= 11 is 1.80. The first kappa shape index (κ1) is 28.9. The molecule has 0 aromatic heterocycles. The van der Waals surface area contributed by atoms with Crippen molar-refractivity contribution in [1.29, 1.82) is 5.26 Å². The zero-order valence-electron chi connectivity index (χ0n) is 11.7. The average molecular weight is 355 g/mol. The van der Waals surface area contributed by atoms with Crippen LogP contribution >= 0.6 is 11.8 Å².